The Morgan fingerprint density at radius 1 is 0.574 bits per heavy atom. The van der Waals surface area contributed by atoms with Crippen LogP contribution >= 0.6 is 7.60 Å². The van der Waals surface area contributed by atoms with Gasteiger partial charge in [-0.25, -0.2) is 9.59 Å². The van der Waals surface area contributed by atoms with Crippen molar-refractivity contribution in [3.63, 3.8) is 0 Å². The first-order valence-electron chi connectivity index (χ1n) is 18.5. The summed E-state index contributed by atoms with van der Waals surface area (Å²) in [6, 6.07) is -1.50. The van der Waals surface area contributed by atoms with Gasteiger partial charge in [-0.3, -0.25) is 9.09 Å². The van der Waals surface area contributed by atoms with E-state index in [9.17, 15) is 14.2 Å². The zero-order valence-corrected chi connectivity index (χ0v) is 31.7. The molecule has 0 saturated carbocycles. The van der Waals surface area contributed by atoms with Crippen molar-refractivity contribution >= 4 is 19.5 Å². The van der Waals surface area contributed by atoms with Crippen LogP contribution in [0.2, 0.25) is 0 Å². The van der Waals surface area contributed by atoms with Gasteiger partial charge in [0.1, 0.15) is 0 Å². The molecule has 10 heteroatoms. The Hall–Kier alpha value is -1.51. The molecule has 0 N–H and O–H groups in total. The van der Waals surface area contributed by atoms with Crippen LogP contribution in [0.25, 0.3) is 0 Å². The molecule has 0 aromatic rings. The molecule has 4 unspecified atom stereocenters. The zero-order valence-electron chi connectivity index (χ0n) is 30.8. The van der Waals surface area contributed by atoms with Gasteiger partial charge in [0.2, 0.25) is 12.6 Å². The smallest absolute Gasteiger partial charge is 0.389 e. The predicted molar refractivity (Wildman–Crippen MR) is 190 cm³/mol. The van der Waals surface area contributed by atoms with Crippen molar-refractivity contribution < 1.29 is 42.1 Å². The summed E-state index contributed by atoms with van der Waals surface area (Å²) in [5, 5.41) is 0. The Balaban J connectivity index is 6.42. The van der Waals surface area contributed by atoms with Gasteiger partial charge in [-0.15, -0.1) is 0 Å². The Bertz CT molecular complexity index is 891. The van der Waals surface area contributed by atoms with Crippen LogP contribution in [0, 0.1) is 0 Å². The third kappa shape index (κ3) is 23.5. The van der Waals surface area contributed by atoms with Crippen molar-refractivity contribution in [3.8, 4) is 0 Å². The zero-order chi connectivity index (χ0) is 35.3. The Morgan fingerprint density at radius 3 is 1.45 bits per heavy atom. The second kappa shape index (κ2) is 29.4. The number of hydrogen-bond acceptors (Lipinski definition) is 9. The summed E-state index contributed by atoms with van der Waals surface area (Å²) in [6.07, 6.45) is 15.5. The van der Waals surface area contributed by atoms with E-state index in [2.05, 4.69) is 40.9 Å². The van der Waals surface area contributed by atoms with E-state index in [0.29, 0.717) is 32.1 Å². The number of carbonyl (C=O) groups is 2. The fourth-order valence-electron chi connectivity index (χ4n) is 4.63. The van der Waals surface area contributed by atoms with Gasteiger partial charge in [0, 0.05) is 24.0 Å². The first-order chi connectivity index (χ1) is 22.5. The highest BCUT2D eigenvalue weighted by molar-refractivity contribution is 7.54. The van der Waals surface area contributed by atoms with Crippen molar-refractivity contribution in [1.29, 1.82) is 0 Å². The van der Waals surface area contributed by atoms with Gasteiger partial charge in [-0.05, 0) is 39.5 Å². The van der Waals surface area contributed by atoms with E-state index in [1.165, 1.54) is 0 Å². The van der Waals surface area contributed by atoms with Crippen LogP contribution < -0.4 is 0 Å². The number of hydrogen-bond donors (Lipinski definition) is 0. The average Bonchev–Trinajstić information content (AvgIpc) is 3.03. The summed E-state index contributed by atoms with van der Waals surface area (Å²) in [5.74, 6) is -1.25. The van der Waals surface area contributed by atoms with Crippen LogP contribution in [0.4, 0.5) is 0 Å². The SMILES string of the molecule is C=C(C)C(=O)OC(CCCCCC)OC(OCCCCCCC)P(=O)(OCCCCCCC)OC(CCCCCC)OC(=O)C(=C)C. The van der Waals surface area contributed by atoms with Gasteiger partial charge >= 0.3 is 19.5 Å². The molecule has 0 aliphatic heterocycles. The summed E-state index contributed by atoms with van der Waals surface area (Å²) in [4.78, 5) is 25.3. The summed E-state index contributed by atoms with van der Waals surface area (Å²) in [6.45, 7) is 19.4. The molecule has 0 rings (SSSR count). The van der Waals surface area contributed by atoms with Crippen LogP contribution in [0.3, 0.4) is 0 Å². The standard InChI is InChI=1S/C37H69O9P/c1-9-13-17-21-25-29-41-37(45-33(27-23-19-15-11-3)43-35(38)31(5)6)47(40,42-30-26-22-18-14-10-2)46-34(28-24-20-16-12-4)44-36(39)32(7)8/h33-34,37H,5,7,9-30H2,1-4,6,8H3. The lowest BCUT2D eigenvalue weighted by Crippen LogP contribution is -2.32. The van der Waals surface area contributed by atoms with E-state index in [4.69, 9.17) is 28.0 Å². The molecule has 0 fully saturated rings. The van der Waals surface area contributed by atoms with Crippen LogP contribution in [0.1, 0.15) is 170 Å². The highest BCUT2D eigenvalue weighted by atomic mass is 31.2. The van der Waals surface area contributed by atoms with Crippen LogP contribution in [0.5, 0.6) is 0 Å². The van der Waals surface area contributed by atoms with Crippen molar-refractivity contribution in [2.45, 2.75) is 189 Å². The Morgan fingerprint density at radius 2 is 0.979 bits per heavy atom. The topological polar surface area (TPSA) is 107 Å². The second-order valence-corrected chi connectivity index (χ2v) is 14.5. The van der Waals surface area contributed by atoms with Crippen molar-refractivity contribution in [2.75, 3.05) is 13.2 Å². The first-order valence-corrected chi connectivity index (χ1v) is 20.1. The summed E-state index contributed by atoms with van der Waals surface area (Å²) in [7, 11) is -4.28. The predicted octanol–water partition coefficient (Wildman–Crippen LogP) is 11.3. The van der Waals surface area contributed by atoms with Crippen LogP contribution in [-0.2, 0) is 42.1 Å². The lowest BCUT2D eigenvalue weighted by molar-refractivity contribution is -0.224. The van der Waals surface area contributed by atoms with Gasteiger partial charge in [-0.2, -0.15) is 0 Å². The van der Waals surface area contributed by atoms with Crippen molar-refractivity contribution in [3.05, 3.63) is 24.3 Å². The third-order valence-electron chi connectivity index (χ3n) is 7.58. The van der Waals surface area contributed by atoms with Crippen molar-refractivity contribution in [2.24, 2.45) is 0 Å². The minimum atomic E-state index is -4.28. The minimum absolute atomic E-state index is 0.143. The van der Waals surface area contributed by atoms with Gasteiger partial charge < -0.3 is 23.5 Å². The van der Waals surface area contributed by atoms with E-state index in [-0.39, 0.29) is 24.4 Å². The molecule has 0 aromatic heterocycles. The molecule has 4 atom stereocenters. The maximum absolute atomic E-state index is 14.9. The van der Waals surface area contributed by atoms with Gasteiger partial charge in [-0.1, -0.05) is 131 Å². The fraction of sp³-hybridized carbons (Fsp3) is 0.838. The highest BCUT2D eigenvalue weighted by Gasteiger charge is 2.44. The molecule has 0 spiro atoms. The molecule has 0 bridgehead atoms. The summed E-state index contributed by atoms with van der Waals surface area (Å²) in [5.41, 5.74) is 0.427. The van der Waals surface area contributed by atoms with Gasteiger partial charge in [0.25, 0.3) is 6.03 Å². The Labute approximate surface area is 287 Å². The maximum atomic E-state index is 14.9. The van der Waals surface area contributed by atoms with E-state index in [0.717, 1.165) is 96.3 Å². The molecule has 0 aliphatic rings. The van der Waals surface area contributed by atoms with Gasteiger partial charge in [0.15, 0.2) is 0 Å². The molecule has 9 nitrogen and oxygen atoms in total. The summed E-state index contributed by atoms with van der Waals surface area (Å²) < 4.78 is 50.9. The Kier molecular flexibility index (Phi) is 28.5. The molecule has 276 valence electrons. The number of ether oxygens (including phenoxy) is 4. The average molecular weight is 689 g/mol. The molecule has 0 aliphatic carbocycles. The number of esters is 2. The third-order valence-corrected chi connectivity index (χ3v) is 9.44. The molecular weight excluding hydrogens is 619 g/mol. The molecular formula is C37H69O9P. The second-order valence-electron chi connectivity index (χ2n) is 12.5. The molecule has 0 amide bonds. The number of carbonyl (C=O) groups excluding carboxylic acids is 2. The number of unbranched alkanes of at least 4 members (excludes halogenated alkanes) is 14. The monoisotopic (exact) mass is 688 g/mol. The normalized spacial score (nSPS) is 14.6. The summed E-state index contributed by atoms with van der Waals surface area (Å²) >= 11 is 0. The van der Waals surface area contributed by atoms with Gasteiger partial charge in [0.05, 0.1) is 13.2 Å². The number of rotatable bonds is 33. The first kappa shape index (κ1) is 45.5. The van der Waals surface area contributed by atoms with E-state index < -0.39 is 38.1 Å². The maximum Gasteiger partial charge on any atom is 0.389 e. The van der Waals surface area contributed by atoms with Crippen molar-refractivity contribution in [1.82, 2.24) is 0 Å². The molecule has 47 heavy (non-hydrogen) atoms. The highest BCUT2D eigenvalue weighted by Crippen LogP contribution is 2.56. The van der Waals surface area contributed by atoms with Crippen LogP contribution in [-0.4, -0.2) is 43.8 Å². The molecule has 0 heterocycles. The molecule has 0 aromatic carbocycles. The van der Waals surface area contributed by atoms with Crippen LogP contribution in [0.15, 0.2) is 24.3 Å². The minimum Gasteiger partial charge on any atom is -0.432 e. The molecule has 0 radical (unpaired) electrons. The lowest BCUT2D eigenvalue weighted by Gasteiger charge is -2.32. The van der Waals surface area contributed by atoms with E-state index in [1.54, 1.807) is 13.8 Å². The lowest BCUT2D eigenvalue weighted by atomic mass is 10.1. The van der Waals surface area contributed by atoms with E-state index >= 15 is 0 Å². The van der Waals surface area contributed by atoms with E-state index in [1.807, 2.05) is 0 Å². The quantitative estimate of drug-likeness (QED) is 0.0219. The molecule has 0 saturated heterocycles. The fourth-order valence-corrected chi connectivity index (χ4v) is 6.34. The largest absolute Gasteiger partial charge is 0.432 e.